The van der Waals surface area contributed by atoms with Gasteiger partial charge in [0, 0.05) is 26.1 Å². The second kappa shape index (κ2) is 13.4. The summed E-state index contributed by atoms with van der Waals surface area (Å²) in [7, 11) is 0. The maximum atomic E-state index is 13.9. The van der Waals surface area contributed by atoms with Crippen LogP contribution in [0.3, 0.4) is 0 Å². The van der Waals surface area contributed by atoms with E-state index in [0.717, 1.165) is 16.7 Å². The Morgan fingerprint density at radius 3 is 2.12 bits per heavy atom. The zero-order chi connectivity index (χ0) is 28.6. The number of nitrogens with one attached hydrogen (secondary N) is 1. The molecule has 3 aromatic rings. The maximum absolute atomic E-state index is 13.9. The van der Waals surface area contributed by atoms with Crippen molar-refractivity contribution in [2.24, 2.45) is 0 Å². The van der Waals surface area contributed by atoms with Gasteiger partial charge < -0.3 is 19.9 Å². The number of piperazine rings is 1. The molecule has 0 bridgehead atoms. The molecule has 0 aromatic heterocycles. The maximum Gasteiger partial charge on any atom is 0.334 e. The lowest BCUT2D eigenvalue weighted by atomic mass is 9.99. The molecule has 2 heterocycles. The van der Waals surface area contributed by atoms with Crippen molar-refractivity contribution in [1.82, 2.24) is 25.1 Å². The Labute approximate surface area is 241 Å². The van der Waals surface area contributed by atoms with E-state index in [-0.39, 0.29) is 30.9 Å². The Morgan fingerprint density at radius 1 is 0.878 bits per heavy atom. The number of fused-ring (bicyclic) bond motifs is 1. The third-order valence-electron chi connectivity index (χ3n) is 7.58. The first-order valence-corrected chi connectivity index (χ1v) is 14.2. The van der Waals surface area contributed by atoms with E-state index >= 15 is 0 Å². The number of amides is 4. The molecule has 2 aliphatic heterocycles. The highest BCUT2D eigenvalue weighted by atomic mass is 16.5. The largest absolute Gasteiger partial charge is 0.375 e. The van der Waals surface area contributed by atoms with Crippen molar-refractivity contribution in [2.45, 2.75) is 38.7 Å². The van der Waals surface area contributed by atoms with E-state index in [0.29, 0.717) is 39.3 Å². The first kappa shape index (κ1) is 28.3. The molecule has 9 nitrogen and oxygen atoms in total. The van der Waals surface area contributed by atoms with Crippen molar-refractivity contribution in [1.29, 1.82) is 0 Å². The second-order valence-electron chi connectivity index (χ2n) is 10.3. The summed E-state index contributed by atoms with van der Waals surface area (Å²) in [6.07, 6.45) is -0.262. The molecule has 2 atom stereocenters. The fraction of sp³-hybridized carbons (Fsp3) is 0.344. The lowest BCUT2D eigenvalue weighted by Gasteiger charge is -2.55. The highest BCUT2D eigenvalue weighted by Gasteiger charge is 2.51. The summed E-state index contributed by atoms with van der Waals surface area (Å²) in [5, 5.41) is 6.42. The summed E-state index contributed by atoms with van der Waals surface area (Å²) >= 11 is 0. The van der Waals surface area contributed by atoms with E-state index in [2.05, 4.69) is 5.32 Å². The Balaban J connectivity index is 1.37. The molecule has 2 aliphatic rings. The number of nitrogens with zero attached hydrogens (tertiary/aromatic N) is 4. The molecular weight excluding hydrogens is 518 g/mol. The normalized spacial score (nSPS) is 19.3. The molecule has 9 heteroatoms. The Kier molecular flexibility index (Phi) is 9.28. The van der Waals surface area contributed by atoms with Gasteiger partial charge in [0.25, 0.3) is 0 Å². The summed E-state index contributed by atoms with van der Waals surface area (Å²) in [6.45, 7) is 4.15. The topological polar surface area (TPSA) is 85.4 Å². The number of urea groups is 1. The molecule has 0 spiro atoms. The van der Waals surface area contributed by atoms with Crippen LogP contribution < -0.4 is 5.32 Å². The number of carbonyl (C=O) groups excluding carboxylic acids is 3. The molecule has 2 saturated heterocycles. The van der Waals surface area contributed by atoms with Crippen LogP contribution in [0.2, 0.25) is 0 Å². The van der Waals surface area contributed by atoms with Crippen LogP contribution in [-0.4, -0.2) is 82.7 Å². The number of hydrazine groups is 1. The van der Waals surface area contributed by atoms with Crippen LogP contribution >= 0.6 is 0 Å². The molecule has 4 amide bonds. The standard InChI is InChI=1S/C32H37N5O4/c1-2-35-23-30(38)36-28(20-25-12-6-3-7-13-25)31(39)34(18-19-41-24-27-16-10-5-11-17-27)22-29(36)37(35)32(40)33-21-26-14-8-4-9-15-26/h3-17,28-29H,2,18-24H2,1H3,(H,33,40)/t28-,29-/m0/s1. The van der Waals surface area contributed by atoms with Gasteiger partial charge in [0.05, 0.1) is 26.3 Å². The number of ether oxygens (including phenoxy) is 1. The van der Waals surface area contributed by atoms with E-state index in [1.807, 2.05) is 97.9 Å². The second-order valence-corrected chi connectivity index (χ2v) is 10.3. The zero-order valence-corrected chi connectivity index (χ0v) is 23.4. The Hall–Kier alpha value is -4.21. The number of hydrogen-bond acceptors (Lipinski definition) is 5. The van der Waals surface area contributed by atoms with E-state index in [4.69, 9.17) is 4.74 Å². The van der Waals surface area contributed by atoms with E-state index in [1.165, 1.54) is 0 Å². The van der Waals surface area contributed by atoms with Gasteiger partial charge in [0.2, 0.25) is 11.8 Å². The molecule has 1 N–H and O–H groups in total. The van der Waals surface area contributed by atoms with Gasteiger partial charge in [-0.1, -0.05) is 97.9 Å². The SMILES string of the molecule is CCN1CC(=O)N2[C@@H](Cc3ccccc3)C(=O)N(CCOCc3ccccc3)C[C@@H]2N1C(=O)NCc1ccccc1. The van der Waals surface area contributed by atoms with E-state index in [1.54, 1.807) is 19.8 Å². The van der Waals surface area contributed by atoms with Gasteiger partial charge >= 0.3 is 6.03 Å². The van der Waals surface area contributed by atoms with Crippen LogP contribution in [0.15, 0.2) is 91.0 Å². The minimum absolute atomic E-state index is 0.0323. The molecule has 41 heavy (non-hydrogen) atoms. The molecule has 5 rings (SSSR count). The van der Waals surface area contributed by atoms with Crippen LogP contribution in [0, 0.1) is 0 Å². The molecule has 2 fully saturated rings. The molecule has 0 radical (unpaired) electrons. The van der Waals surface area contributed by atoms with Crippen molar-refractivity contribution in [2.75, 3.05) is 32.8 Å². The van der Waals surface area contributed by atoms with Crippen LogP contribution in [0.1, 0.15) is 23.6 Å². The van der Waals surface area contributed by atoms with Gasteiger partial charge in [-0.3, -0.25) is 9.59 Å². The fourth-order valence-corrected chi connectivity index (χ4v) is 5.50. The van der Waals surface area contributed by atoms with Crippen molar-refractivity contribution >= 4 is 17.8 Å². The van der Waals surface area contributed by atoms with Gasteiger partial charge in [-0.25, -0.2) is 14.8 Å². The van der Waals surface area contributed by atoms with Crippen molar-refractivity contribution in [3.8, 4) is 0 Å². The van der Waals surface area contributed by atoms with Crippen LogP contribution in [-0.2, 0) is 33.9 Å². The number of benzene rings is 3. The summed E-state index contributed by atoms with van der Waals surface area (Å²) in [4.78, 5) is 44.5. The van der Waals surface area contributed by atoms with E-state index in [9.17, 15) is 14.4 Å². The van der Waals surface area contributed by atoms with Gasteiger partial charge in [0.1, 0.15) is 12.2 Å². The number of hydrogen-bond donors (Lipinski definition) is 1. The molecule has 3 aromatic carbocycles. The van der Waals surface area contributed by atoms with Crippen molar-refractivity contribution < 1.29 is 19.1 Å². The number of carbonyl (C=O) groups is 3. The summed E-state index contributed by atoms with van der Waals surface area (Å²) in [5.41, 5.74) is 2.99. The highest BCUT2D eigenvalue weighted by Crippen LogP contribution is 2.28. The average molecular weight is 556 g/mol. The lowest BCUT2D eigenvalue weighted by Crippen LogP contribution is -2.76. The predicted octanol–water partition coefficient (Wildman–Crippen LogP) is 3.27. The number of rotatable bonds is 10. The molecule has 0 unspecified atom stereocenters. The molecule has 214 valence electrons. The summed E-state index contributed by atoms with van der Waals surface area (Å²) in [5.74, 6) is -0.283. The van der Waals surface area contributed by atoms with Crippen molar-refractivity contribution in [3.05, 3.63) is 108 Å². The number of likely N-dealkylation sites (N-methyl/N-ethyl adjacent to an activating group) is 1. The van der Waals surface area contributed by atoms with Crippen LogP contribution in [0.25, 0.3) is 0 Å². The monoisotopic (exact) mass is 555 g/mol. The highest BCUT2D eigenvalue weighted by molar-refractivity contribution is 5.91. The van der Waals surface area contributed by atoms with Crippen molar-refractivity contribution in [3.63, 3.8) is 0 Å². The minimum atomic E-state index is -0.721. The van der Waals surface area contributed by atoms with Gasteiger partial charge in [0.15, 0.2) is 0 Å². The smallest absolute Gasteiger partial charge is 0.334 e. The first-order valence-electron chi connectivity index (χ1n) is 14.2. The zero-order valence-electron chi connectivity index (χ0n) is 23.4. The van der Waals surface area contributed by atoms with Crippen LogP contribution in [0.4, 0.5) is 4.79 Å². The lowest BCUT2D eigenvalue weighted by molar-refractivity contribution is -0.190. The van der Waals surface area contributed by atoms with Crippen LogP contribution in [0.5, 0.6) is 0 Å². The first-order chi connectivity index (χ1) is 20.0. The Bertz CT molecular complexity index is 1310. The quantitative estimate of drug-likeness (QED) is 0.388. The minimum Gasteiger partial charge on any atom is -0.375 e. The Morgan fingerprint density at radius 2 is 1.49 bits per heavy atom. The van der Waals surface area contributed by atoms with E-state index < -0.39 is 12.2 Å². The van der Waals surface area contributed by atoms with Gasteiger partial charge in [-0.05, 0) is 16.7 Å². The van der Waals surface area contributed by atoms with Gasteiger partial charge in [-0.2, -0.15) is 0 Å². The molecular formula is C32H37N5O4. The predicted molar refractivity (Wildman–Crippen MR) is 155 cm³/mol. The summed E-state index contributed by atoms with van der Waals surface area (Å²) < 4.78 is 5.91. The summed E-state index contributed by atoms with van der Waals surface area (Å²) in [6, 6.07) is 28.3. The molecule has 0 aliphatic carbocycles. The fourth-order valence-electron chi connectivity index (χ4n) is 5.50. The average Bonchev–Trinajstić information content (AvgIpc) is 3.01. The third kappa shape index (κ3) is 6.75. The molecule has 0 saturated carbocycles. The third-order valence-corrected chi connectivity index (χ3v) is 7.58. The van der Waals surface area contributed by atoms with Gasteiger partial charge in [-0.15, -0.1) is 0 Å².